The van der Waals surface area contributed by atoms with Crippen LogP contribution in [0, 0.1) is 0 Å². The predicted molar refractivity (Wildman–Crippen MR) is 136 cm³/mol. The zero-order valence-corrected chi connectivity index (χ0v) is 20.5. The lowest BCUT2D eigenvalue weighted by atomic mass is 10.1. The average molecular weight is 495 g/mol. The Labute approximate surface area is 208 Å². The molecular weight excluding hydrogens is 468 g/mol. The van der Waals surface area contributed by atoms with Crippen molar-refractivity contribution in [1.82, 2.24) is 24.7 Å². The summed E-state index contributed by atoms with van der Waals surface area (Å²) in [5, 5.41) is 16.5. The number of hydrazone groups is 1. The Morgan fingerprint density at radius 3 is 2.47 bits per heavy atom. The number of halogens is 1. The molecule has 9 heteroatoms. The number of aromatic nitrogens is 3. The van der Waals surface area contributed by atoms with Crippen molar-refractivity contribution in [3.63, 3.8) is 0 Å². The van der Waals surface area contributed by atoms with Crippen molar-refractivity contribution in [2.24, 2.45) is 5.10 Å². The fourth-order valence-corrected chi connectivity index (χ4v) is 5.30. The minimum Gasteiger partial charge on any atom is -0.296 e. The van der Waals surface area contributed by atoms with E-state index in [-0.39, 0.29) is 11.7 Å². The van der Waals surface area contributed by atoms with Crippen LogP contribution in [-0.4, -0.2) is 61.7 Å². The SMILES string of the molecule is O=C(CSc1nnc(CN2CCCCC2)n1-c1ccc(Cl)cc1)N1CCC(c2ccccc2)=N1. The number of rotatable bonds is 7. The Hall–Kier alpha value is -2.68. The van der Waals surface area contributed by atoms with Crippen LogP contribution < -0.4 is 0 Å². The zero-order chi connectivity index (χ0) is 23.3. The van der Waals surface area contributed by atoms with Gasteiger partial charge in [0.05, 0.1) is 24.6 Å². The summed E-state index contributed by atoms with van der Waals surface area (Å²) in [5.41, 5.74) is 2.96. The van der Waals surface area contributed by atoms with Crippen LogP contribution in [0.2, 0.25) is 5.02 Å². The molecule has 5 rings (SSSR count). The molecule has 34 heavy (non-hydrogen) atoms. The van der Waals surface area contributed by atoms with Crippen LogP contribution in [-0.2, 0) is 11.3 Å². The number of carbonyl (C=O) groups excluding carboxylic acids is 1. The van der Waals surface area contributed by atoms with Gasteiger partial charge >= 0.3 is 0 Å². The van der Waals surface area contributed by atoms with Gasteiger partial charge in [0.15, 0.2) is 11.0 Å². The van der Waals surface area contributed by atoms with Gasteiger partial charge in [0.25, 0.3) is 5.91 Å². The first kappa shape index (κ1) is 23.1. The normalized spacial score (nSPS) is 16.6. The molecule has 2 aliphatic heterocycles. The molecule has 0 aliphatic carbocycles. The number of thioether (sulfide) groups is 1. The lowest BCUT2D eigenvalue weighted by Crippen LogP contribution is -2.30. The highest BCUT2D eigenvalue weighted by molar-refractivity contribution is 7.99. The Morgan fingerprint density at radius 1 is 0.941 bits per heavy atom. The molecule has 0 radical (unpaired) electrons. The first-order chi connectivity index (χ1) is 16.7. The number of nitrogens with zero attached hydrogens (tertiary/aromatic N) is 6. The van der Waals surface area contributed by atoms with Gasteiger partial charge in [-0.05, 0) is 55.8 Å². The maximum atomic E-state index is 12.9. The van der Waals surface area contributed by atoms with E-state index in [0.29, 0.717) is 16.7 Å². The Balaban J connectivity index is 1.31. The first-order valence-corrected chi connectivity index (χ1v) is 13.0. The molecule has 1 amide bonds. The molecule has 1 aromatic heterocycles. The molecule has 176 valence electrons. The second-order valence-corrected chi connectivity index (χ2v) is 9.89. The number of piperidine rings is 1. The van der Waals surface area contributed by atoms with Crippen LogP contribution in [0.4, 0.5) is 0 Å². The van der Waals surface area contributed by atoms with E-state index in [0.717, 1.165) is 48.8 Å². The molecule has 2 aromatic carbocycles. The van der Waals surface area contributed by atoms with Crippen molar-refractivity contribution in [3.05, 3.63) is 71.0 Å². The molecule has 0 atom stereocenters. The number of carbonyl (C=O) groups is 1. The molecule has 0 spiro atoms. The maximum Gasteiger partial charge on any atom is 0.253 e. The third kappa shape index (κ3) is 5.35. The predicted octanol–water partition coefficient (Wildman–Crippen LogP) is 4.64. The lowest BCUT2D eigenvalue weighted by Gasteiger charge is -2.26. The lowest BCUT2D eigenvalue weighted by molar-refractivity contribution is -0.127. The molecule has 2 aliphatic rings. The second kappa shape index (κ2) is 10.7. The van der Waals surface area contributed by atoms with Gasteiger partial charge in [-0.15, -0.1) is 10.2 Å². The summed E-state index contributed by atoms with van der Waals surface area (Å²) < 4.78 is 2.05. The highest BCUT2D eigenvalue weighted by Crippen LogP contribution is 2.26. The van der Waals surface area contributed by atoms with Crippen LogP contribution in [0.3, 0.4) is 0 Å². The van der Waals surface area contributed by atoms with Gasteiger partial charge < -0.3 is 0 Å². The summed E-state index contributed by atoms with van der Waals surface area (Å²) in [7, 11) is 0. The van der Waals surface area contributed by atoms with Crippen molar-refractivity contribution in [2.45, 2.75) is 37.4 Å². The van der Waals surface area contributed by atoms with Gasteiger partial charge in [-0.1, -0.05) is 60.1 Å². The van der Waals surface area contributed by atoms with Crippen molar-refractivity contribution in [3.8, 4) is 5.69 Å². The molecule has 0 bridgehead atoms. The molecule has 0 saturated carbocycles. The number of likely N-dealkylation sites (tertiary alicyclic amines) is 1. The van der Waals surface area contributed by atoms with E-state index in [9.17, 15) is 4.79 Å². The summed E-state index contributed by atoms with van der Waals surface area (Å²) in [5.74, 6) is 1.10. The standard InChI is InChI=1S/C25H27ClN6OS/c26-20-9-11-21(12-10-20)32-23(17-30-14-5-2-6-15-30)27-28-25(32)34-18-24(33)31-16-13-22(29-31)19-7-3-1-4-8-19/h1,3-4,7-12H,2,5-6,13-18H2. The number of amides is 1. The minimum atomic E-state index is -0.0285. The van der Waals surface area contributed by atoms with Crippen LogP contribution in [0.1, 0.15) is 37.1 Å². The van der Waals surface area contributed by atoms with E-state index in [2.05, 4.69) is 20.2 Å². The topological polar surface area (TPSA) is 66.6 Å². The van der Waals surface area contributed by atoms with Gasteiger partial charge in [-0.2, -0.15) is 5.10 Å². The maximum absolute atomic E-state index is 12.9. The zero-order valence-electron chi connectivity index (χ0n) is 18.9. The van der Waals surface area contributed by atoms with E-state index in [4.69, 9.17) is 11.6 Å². The number of hydrogen-bond acceptors (Lipinski definition) is 6. The van der Waals surface area contributed by atoms with Crippen molar-refractivity contribution in [2.75, 3.05) is 25.4 Å². The largest absolute Gasteiger partial charge is 0.296 e. The van der Waals surface area contributed by atoms with Gasteiger partial charge in [0.1, 0.15) is 0 Å². The van der Waals surface area contributed by atoms with Crippen LogP contribution in [0.25, 0.3) is 5.69 Å². The van der Waals surface area contributed by atoms with Crippen molar-refractivity contribution < 1.29 is 4.79 Å². The van der Waals surface area contributed by atoms with E-state index in [1.807, 2.05) is 59.2 Å². The fraction of sp³-hybridized carbons (Fsp3) is 0.360. The molecule has 0 N–H and O–H groups in total. The molecule has 0 unspecified atom stereocenters. The average Bonchev–Trinajstić information content (AvgIpc) is 3.52. The first-order valence-electron chi connectivity index (χ1n) is 11.7. The summed E-state index contributed by atoms with van der Waals surface area (Å²) in [6, 6.07) is 17.7. The minimum absolute atomic E-state index is 0.0285. The van der Waals surface area contributed by atoms with Gasteiger partial charge in [-0.25, -0.2) is 5.01 Å². The summed E-state index contributed by atoms with van der Waals surface area (Å²) >= 11 is 7.52. The van der Waals surface area contributed by atoms with E-state index in [1.165, 1.54) is 31.0 Å². The molecule has 7 nitrogen and oxygen atoms in total. The molecular formula is C25H27ClN6OS. The fourth-order valence-electron chi connectivity index (χ4n) is 4.33. The quantitative estimate of drug-likeness (QED) is 0.448. The summed E-state index contributed by atoms with van der Waals surface area (Å²) in [4.78, 5) is 15.3. The smallest absolute Gasteiger partial charge is 0.253 e. The van der Waals surface area contributed by atoms with Gasteiger partial charge in [-0.3, -0.25) is 14.3 Å². The van der Waals surface area contributed by atoms with Crippen LogP contribution in [0.5, 0.6) is 0 Å². The van der Waals surface area contributed by atoms with E-state index in [1.54, 1.807) is 5.01 Å². The molecule has 1 fully saturated rings. The summed E-state index contributed by atoms with van der Waals surface area (Å²) in [6.45, 7) is 3.49. The molecule has 3 heterocycles. The highest BCUT2D eigenvalue weighted by Gasteiger charge is 2.24. The van der Waals surface area contributed by atoms with Crippen molar-refractivity contribution >= 4 is 35.0 Å². The van der Waals surface area contributed by atoms with Gasteiger partial charge in [0, 0.05) is 17.1 Å². The third-order valence-corrected chi connectivity index (χ3v) is 7.29. The number of hydrogen-bond donors (Lipinski definition) is 0. The van der Waals surface area contributed by atoms with Crippen molar-refractivity contribution in [1.29, 1.82) is 0 Å². The second-order valence-electron chi connectivity index (χ2n) is 8.52. The molecule has 1 saturated heterocycles. The Kier molecular flexibility index (Phi) is 7.27. The summed E-state index contributed by atoms with van der Waals surface area (Å²) in [6.07, 6.45) is 4.48. The highest BCUT2D eigenvalue weighted by atomic mass is 35.5. The Bertz CT molecular complexity index is 1160. The number of benzene rings is 2. The van der Waals surface area contributed by atoms with Crippen LogP contribution in [0.15, 0.2) is 64.9 Å². The van der Waals surface area contributed by atoms with E-state index < -0.39 is 0 Å². The third-order valence-electron chi connectivity index (χ3n) is 6.12. The monoisotopic (exact) mass is 494 g/mol. The Morgan fingerprint density at radius 2 is 1.71 bits per heavy atom. The molecule has 3 aromatic rings. The van der Waals surface area contributed by atoms with Gasteiger partial charge in [0.2, 0.25) is 0 Å². The van der Waals surface area contributed by atoms with E-state index >= 15 is 0 Å². The van der Waals surface area contributed by atoms with Crippen LogP contribution >= 0.6 is 23.4 Å².